The van der Waals surface area contributed by atoms with Crippen molar-refractivity contribution >= 4 is 19.8 Å². The van der Waals surface area contributed by atoms with Crippen LogP contribution in [0.1, 0.15) is 200 Å². The lowest BCUT2D eigenvalue weighted by Gasteiger charge is -2.28. The van der Waals surface area contributed by atoms with Crippen molar-refractivity contribution in [2.24, 2.45) is 0 Å². The molecule has 0 aromatic heterocycles. The summed E-state index contributed by atoms with van der Waals surface area (Å²) in [5.41, 5.74) is 0. The summed E-state index contributed by atoms with van der Waals surface area (Å²) in [5.74, 6) is -0.920. The number of unbranched alkanes of at least 4 members (excludes halogenated alkanes) is 18. The van der Waals surface area contributed by atoms with Crippen LogP contribution in [0.2, 0.25) is 0 Å². The molecule has 0 radical (unpaired) electrons. The number of esters is 2. The van der Waals surface area contributed by atoms with Crippen molar-refractivity contribution in [2.75, 3.05) is 47.5 Å². The van der Waals surface area contributed by atoms with E-state index in [1.54, 1.807) is 0 Å². The molecule has 3 atom stereocenters. The van der Waals surface area contributed by atoms with Crippen molar-refractivity contribution in [3.05, 3.63) is 60.8 Å². The number of rotatable bonds is 45. The molecule has 0 fully saturated rings. The van der Waals surface area contributed by atoms with Gasteiger partial charge in [0.2, 0.25) is 0 Å². The maximum absolute atomic E-state index is 12.7. The summed E-state index contributed by atoms with van der Waals surface area (Å²) in [6, 6.07) is 0. The lowest BCUT2D eigenvalue weighted by atomic mass is 10.0. The van der Waals surface area contributed by atoms with Gasteiger partial charge in [0, 0.05) is 12.8 Å². The first-order valence-corrected chi connectivity index (χ1v) is 26.5. The second kappa shape index (κ2) is 43.6. The average molecular weight is 908 g/mol. The Hall–Kier alpha value is -2.33. The van der Waals surface area contributed by atoms with Gasteiger partial charge in [-0.15, -0.1) is 0 Å². The zero-order valence-corrected chi connectivity index (χ0v) is 41.8. The summed E-state index contributed by atoms with van der Waals surface area (Å²) in [6.45, 7) is 3.96. The number of aliphatic hydroxyl groups excluding tert-OH is 1. The van der Waals surface area contributed by atoms with Gasteiger partial charge < -0.3 is 33.0 Å². The monoisotopic (exact) mass is 908 g/mol. The number of carbonyl (C=O) groups excluding carboxylic acids is 2. The Morgan fingerprint density at radius 3 is 1.57 bits per heavy atom. The Labute approximate surface area is 386 Å². The minimum Gasteiger partial charge on any atom is -0.756 e. The van der Waals surface area contributed by atoms with Gasteiger partial charge in [0.15, 0.2) is 6.10 Å². The standard InChI is InChI=1S/C52H94NO9P/c1-6-8-9-10-11-12-13-14-15-16-17-18-19-20-21-24-28-31-34-37-40-44-52(56)62-50(48-61-63(57,58)60-46-45-53(3,4)5)47-59-51(55)43-39-36-33-30-27-25-22-23-26-29-32-35-38-42-49(54)41-7-2/h14-15,22,25-26,29-30,33,35,38,49-50,54H,6-13,16-21,23-24,27-28,31-32,34,36-37,39-48H2,1-5H3/b15-14-,25-22-,29-26-,33-30-,38-35-/t49?,50-/m1/s1. The summed E-state index contributed by atoms with van der Waals surface area (Å²) in [5, 5.41) is 9.75. The molecule has 63 heavy (non-hydrogen) atoms. The molecule has 0 bridgehead atoms. The number of hydrogen-bond acceptors (Lipinski definition) is 9. The fourth-order valence-electron chi connectivity index (χ4n) is 6.66. The van der Waals surface area contributed by atoms with Crippen LogP contribution in [-0.4, -0.2) is 81.2 Å². The zero-order chi connectivity index (χ0) is 46.5. The molecule has 10 nitrogen and oxygen atoms in total. The van der Waals surface area contributed by atoms with E-state index in [2.05, 4.69) is 62.5 Å². The second-order valence-electron chi connectivity index (χ2n) is 18.0. The van der Waals surface area contributed by atoms with Crippen molar-refractivity contribution in [3.63, 3.8) is 0 Å². The van der Waals surface area contributed by atoms with Crippen LogP contribution in [0.5, 0.6) is 0 Å². The molecule has 1 N–H and O–H groups in total. The molecular weight excluding hydrogens is 814 g/mol. The van der Waals surface area contributed by atoms with Gasteiger partial charge in [-0.1, -0.05) is 171 Å². The van der Waals surface area contributed by atoms with Gasteiger partial charge in [-0.2, -0.15) is 0 Å². The topological polar surface area (TPSA) is 131 Å². The molecule has 0 rings (SSSR count). The predicted molar refractivity (Wildman–Crippen MR) is 260 cm³/mol. The highest BCUT2D eigenvalue weighted by atomic mass is 31.2. The number of likely N-dealkylation sites (N-methyl/N-ethyl adjacent to an activating group) is 1. The minimum atomic E-state index is -4.65. The van der Waals surface area contributed by atoms with E-state index in [0.29, 0.717) is 36.7 Å². The van der Waals surface area contributed by atoms with Gasteiger partial charge in [-0.3, -0.25) is 14.2 Å². The molecule has 0 saturated heterocycles. The van der Waals surface area contributed by atoms with Gasteiger partial charge in [0.05, 0.1) is 33.9 Å². The first-order chi connectivity index (χ1) is 30.4. The number of phosphoric ester groups is 1. The van der Waals surface area contributed by atoms with Crippen molar-refractivity contribution in [1.29, 1.82) is 0 Å². The molecule has 0 aromatic carbocycles. The molecular formula is C52H94NO9P. The maximum Gasteiger partial charge on any atom is 0.306 e. The Morgan fingerprint density at radius 2 is 1.03 bits per heavy atom. The predicted octanol–water partition coefficient (Wildman–Crippen LogP) is 13.1. The van der Waals surface area contributed by atoms with Crippen molar-refractivity contribution in [1.82, 2.24) is 0 Å². The maximum atomic E-state index is 12.7. The molecule has 2 unspecified atom stereocenters. The number of nitrogens with zero attached hydrogens (tertiary/aromatic N) is 1. The van der Waals surface area contributed by atoms with Crippen LogP contribution in [0.4, 0.5) is 0 Å². The molecule has 0 saturated carbocycles. The van der Waals surface area contributed by atoms with Gasteiger partial charge in [-0.05, 0) is 77.0 Å². The summed E-state index contributed by atoms with van der Waals surface area (Å²) in [4.78, 5) is 37.7. The highest BCUT2D eigenvalue weighted by Gasteiger charge is 2.21. The van der Waals surface area contributed by atoms with Gasteiger partial charge >= 0.3 is 11.9 Å². The third-order valence-electron chi connectivity index (χ3n) is 10.6. The van der Waals surface area contributed by atoms with E-state index in [0.717, 1.165) is 51.4 Å². The molecule has 0 spiro atoms. The highest BCUT2D eigenvalue weighted by Crippen LogP contribution is 2.38. The molecule has 0 heterocycles. The Bertz CT molecular complexity index is 1270. The Balaban J connectivity index is 4.36. The van der Waals surface area contributed by atoms with Crippen LogP contribution in [0.25, 0.3) is 0 Å². The van der Waals surface area contributed by atoms with Crippen LogP contribution in [0.3, 0.4) is 0 Å². The van der Waals surface area contributed by atoms with Crippen LogP contribution >= 0.6 is 7.82 Å². The fraction of sp³-hybridized carbons (Fsp3) is 0.769. The minimum absolute atomic E-state index is 0.0474. The van der Waals surface area contributed by atoms with E-state index >= 15 is 0 Å². The fourth-order valence-corrected chi connectivity index (χ4v) is 7.39. The molecule has 0 amide bonds. The van der Waals surface area contributed by atoms with E-state index in [1.165, 1.54) is 96.3 Å². The SMILES string of the molecule is CCCCCCCC/C=C\CCCCCCCCCCCCCC(=O)O[C@H](COC(=O)CCC/C=C\C/C=C\C/C=C\C/C=C\CC(O)CCC)COP(=O)([O-])OCC[N+](C)(C)C. The second-order valence-corrected chi connectivity index (χ2v) is 19.4. The van der Waals surface area contributed by atoms with Crippen LogP contribution < -0.4 is 4.89 Å². The number of ether oxygens (including phenoxy) is 2. The van der Waals surface area contributed by atoms with Crippen LogP contribution in [0, 0.1) is 0 Å². The van der Waals surface area contributed by atoms with E-state index in [1.807, 2.05) is 33.3 Å². The molecule has 0 aromatic rings. The van der Waals surface area contributed by atoms with Gasteiger partial charge in [-0.25, -0.2) is 0 Å². The number of allylic oxidation sites excluding steroid dienone is 9. The molecule has 11 heteroatoms. The van der Waals surface area contributed by atoms with Crippen LogP contribution in [0.15, 0.2) is 60.8 Å². The summed E-state index contributed by atoms with van der Waals surface area (Å²) in [7, 11) is 1.11. The Kier molecular flexibility index (Phi) is 41.9. The first-order valence-electron chi connectivity index (χ1n) is 25.1. The number of quaternary nitrogens is 1. The van der Waals surface area contributed by atoms with Gasteiger partial charge in [0.25, 0.3) is 7.82 Å². The summed E-state index contributed by atoms with van der Waals surface area (Å²) < 4.78 is 33.9. The largest absolute Gasteiger partial charge is 0.756 e. The van der Waals surface area contributed by atoms with E-state index in [-0.39, 0.29) is 32.2 Å². The highest BCUT2D eigenvalue weighted by molar-refractivity contribution is 7.45. The molecule has 0 aliphatic heterocycles. The summed E-state index contributed by atoms with van der Waals surface area (Å²) >= 11 is 0. The number of hydrogen-bond donors (Lipinski definition) is 1. The lowest BCUT2D eigenvalue weighted by molar-refractivity contribution is -0.870. The van der Waals surface area contributed by atoms with Crippen molar-refractivity contribution in [2.45, 2.75) is 212 Å². The first kappa shape index (κ1) is 60.7. The van der Waals surface area contributed by atoms with E-state index in [9.17, 15) is 24.2 Å². The van der Waals surface area contributed by atoms with E-state index < -0.39 is 32.5 Å². The Morgan fingerprint density at radius 1 is 0.571 bits per heavy atom. The van der Waals surface area contributed by atoms with Gasteiger partial charge in [0.1, 0.15) is 19.8 Å². The number of aliphatic hydroxyl groups is 1. The van der Waals surface area contributed by atoms with Crippen molar-refractivity contribution in [3.8, 4) is 0 Å². The lowest BCUT2D eigenvalue weighted by Crippen LogP contribution is -2.37. The summed E-state index contributed by atoms with van der Waals surface area (Å²) in [6.07, 6.45) is 50.3. The third kappa shape index (κ3) is 47.5. The number of phosphoric acid groups is 1. The van der Waals surface area contributed by atoms with E-state index in [4.69, 9.17) is 18.5 Å². The molecule has 0 aliphatic rings. The molecule has 0 aliphatic carbocycles. The normalized spacial score (nSPS) is 14.5. The number of carbonyl (C=O) groups is 2. The average Bonchev–Trinajstić information content (AvgIpc) is 3.23. The van der Waals surface area contributed by atoms with Crippen LogP contribution in [-0.2, 0) is 32.7 Å². The smallest absolute Gasteiger partial charge is 0.306 e. The van der Waals surface area contributed by atoms with Crippen molar-refractivity contribution < 1.29 is 47.2 Å². The molecule has 366 valence electrons. The third-order valence-corrected chi connectivity index (χ3v) is 11.5. The zero-order valence-electron chi connectivity index (χ0n) is 40.9. The quantitative estimate of drug-likeness (QED) is 0.0208.